The molecular formula is C21H28N6O2. The number of hydrazone groups is 1. The Bertz CT molecular complexity index is 977. The van der Waals surface area contributed by atoms with Gasteiger partial charge in [-0.25, -0.2) is 9.48 Å². The number of amides is 3. The third kappa shape index (κ3) is 3.16. The molecule has 0 radical (unpaired) electrons. The van der Waals surface area contributed by atoms with Crippen LogP contribution < -0.4 is 5.32 Å². The van der Waals surface area contributed by atoms with Crippen LogP contribution >= 0.6 is 0 Å². The highest BCUT2D eigenvalue weighted by Crippen LogP contribution is 2.33. The number of nitrogens with zero attached hydrogens (tertiary/aromatic N) is 5. The molecule has 2 aromatic rings. The summed E-state index contributed by atoms with van der Waals surface area (Å²) < 4.78 is 4.08. The second-order valence-corrected chi connectivity index (χ2v) is 8.32. The van der Waals surface area contributed by atoms with E-state index < -0.39 is 11.6 Å². The molecule has 154 valence electrons. The molecule has 0 bridgehead atoms. The number of urea groups is 1. The summed E-state index contributed by atoms with van der Waals surface area (Å²) >= 11 is 0. The van der Waals surface area contributed by atoms with Crippen molar-refractivity contribution >= 4 is 18.2 Å². The van der Waals surface area contributed by atoms with Gasteiger partial charge in [0, 0.05) is 29.1 Å². The molecule has 1 aliphatic carbocycles. The number of imide groups is 1. The van der Waals surface area contributed by atoms with Crippen LogP contribution in [0.4, 0.5) is 4.79 Å². The lowest BCUT2D eigenvalue weighted by atomic mass is 9.82. The van der Waals surface area contributed by atoms with Crippen LogP contribution in [-0.4, -0.2) is 43.0 Å². The van der Waals surface area contributed by atoms with Crippen LogP contribution in [0.2, 0.25) is 0 Å². The van der Waals surface area contributed by atoms with E-state index in [1.807, 2.05) is 30.7 Å². The lowest BCUT2D eigenvalue weighted by Crippen LogP contribution is -2.48. The van der Waals surface area contributed by atoms with Gasteiger partial charge >= 0.3 is 6.03 Å². The van der Waals surface area contributed by atoms with Gasteiger partial charge in [-0.15, -0.1) is 5.01 Å². The van der Waals surface area contributed by atoms with E-state index in [0.717, 1.165) is 47.0 Å². The molecule has 3 heterocycles. The van der Waals surface area contributed by atoms with Gasteiger partial charge in [-0.2, -0.15) is 10.2 Å². The van der Waals surface area contributed by atoms with Crippen molar-refractivity contribution in [1.29, 1.82) is 0 Å². The lowest BCUT2D eigenvalue weighted by Gasteiger charge is -2.29. The van der Waals surface area contributed by atoms with Gasteiger partial charge in [-0.1, -0.05) is 19.3 Å². The minimum Gasteiger partial charge on any atom is -0.321 e. The number of nitrogens with one attached hydrogen (secondary N) is 1. The van der Waals surface area contributed by atoms with E-state index in [1.165, 1.54) is 0 Å². The number of rotatable bonds is 4. The van der Waals surface area contributed by atoms with Crippen molar-refractivity contribution in [3.05, 3.63) is 35.3 Å². The van der Waals surface area contributed by atoms with Crippen LogP contribution in [0.3, 0.4) is 0 Å². The fourth-order valence-electron chi connectivity index (χ4n) is 4.48. The summed E-state index contributed by atoms with van der Waals surface area (Å²) in [5.74, 6) is 0.746. The summed E-state index contributed by atoms with van der Waals surface area (Å²) in [4.78, 5) is 25.3. The van der Waals surface area contributed by atoms with E-state index in [1.54, 1.807) is 12.4 Å². The van der Waals surface area contributed by atoms with Crippen molar-refractivity contribution in [2.75, 3.05) is 0 Å². The normalized spacial score (nSPS) is 19.1. The maximum atomic E-state index is 12.9. The highest BCUT2D eigenvalue weighted by molar-refractivity contribution is 6.07. The largest absolute Gasteiger partial charge is 0.346 e. The maximum Gasteiger partial charge on any atom is 0.346 e. The highest BCUT2D eigenvalue weighted by atomic mass is 16.2. The predicted octanol–water partition coefficient (Wildman–Crippen LogP) is 3.46. The summed E-state index contributed by atoms with van der Waals surface area (Å²) in [5, 5.41) is 12.6. The molecule has 2 aliphatic rings. The summed E-state index contributed by atoms with van der Waals surface area (Å²) in [6, 6.07) is 3.78. The Labute approximate surface area is 170 Å². The van der Waals surface area contributed by atoms with Crippen molar-refractivity contribution in [3.8, 4) is 5.82 Å². The smallest absolute Gasteiger partial charge is 0.321 e. The summed E-state index contributed by atoms with van der Waals surface area (Å²) in [6.45, 7) is 8.20. The van der Waals surface area contributed by atoms with Gasteiger partial charge in [0.1, 0.15) is 11.4 Å². The van der Waals surface area contributed by atoms with Gasteiger partial charge in [-0.3, -0.25) is 4.79 Å². The molecule has 2 aromatic heterocycles. The van der Waals surface area contributed by atoms with Crippen LogP contribution in [0.1, 0.15) is 68.9 Å². The second-order valence-electron chi connectivity index (χ2n) is 8.32. The molecule has 1 aliphatic heterocycles. The molecular weight excluding hydrogens is 368 g/mol. The lowest BCUT2D eigenvalue weighted by molar-refractivity contribution is -0.132. The quantitative estimate of drug-likeness (QED) is 0.634. The van der Waals surface area contributed by atoms with E-state index >= 15 is 0 Å². The monoisotopic (exact) mass is 396 g/mol. The van der Waals surface area contributed by atoms with Crippen molar-refractivity contribution in [2.24, 2.45) is 5.10 Å². The molecule has 8 heteroatoms. The van der Waals surface area contributed by atoms with Crippen molar-refractivity contribution in [3.63, 3.8) is 0 Å². The third-order valence-corrected chi connectivity index (χ3v) is 6.00. The topological polar surface area (TPSA) is 84.5 Å². The van der Waals surface area contributed by atoms with Crippen LogP contribution in [0.5, 0.6) is 0 Å². The molecule has 2 fully saturated rings. The molecule has 0 unspecified atom stereocenters. The van der Waals surface area contributed by atoms with Crippen LogP contribution in [0.25, 0.3) is 5.82 Å². The van der Waals surface area contributed by atoms with Crippen LogP contribution in [0, 0.1) is 13.8 Å². The number of carbonyl (C=O) groups is 2. The summed E-state index contributed by atoms with van der Waals surface area (Å²) in [6.07, 6.45) is 7.79. The Balaban J connectivity index is 1.62. The SMILES string of the molecule is Cc1cc(/C=N\N2C(=O)NC3(CCCCC3)C2=O)c(C)n1-c1ccnn1C(C)C. The Morgan fingerprint density at radius 3 is 2.62 bits per heavy atom. The summed E-state index contributed by atoms with van der Waals surface area (Å²) in [5.41, 5.74) is 2.12. The van der Waals surface area contributed by atoms with Gasteiger partial charge in [0.2, 0.25) is 0 Å². The van der Waals surface area contributed by atoms with Gasteiger partial charge in [-0.05, 0) is 46.6 Å². The molecule has 4 rings (SSSR count). The average Bonchev–Trinajstić information content (AvgIpc) is 3.32. The van der Waals surface area contributed by atoms with Gasteiger partial charge in [0.15, 0.2) is 0 Å². The van der Waals surface area contributed by atoms with E-state index in [4.69, 9.17) is 0 Å². The fraction of sp³-hybridized carbons (Fsp3) is 0.524. The van der Waals surface area contributed by atoms with E-state index in [9.17, 15) is 9.59 Å². The van der Waals surface area contributed by atoms with E-state index in [0.29, 0.717) is 12.8 Å². The fourth-order valence-corrected chi connectivity index (χ4v) is 4.48. The maximum absolute atomic E-state index is 12.9. The number of carbonyl (C=O) groups excluding carboxylic acids is 2. The molecule has 1 saturated carbocycles. The number of aromatic nitrogens is 3. The molecule has 29 heavy (non-hydrogen) atoms. The number of hydrogen-bond donors (Lipinski definition) is 1. The van der Waals surface area contributed by atoms with Crippen molar-refractivity contribution < 1.29 is 9.59 Å². The molecule has 1 spiro atoms. The molecule has 8 nitrogen and oxygen atoms in total. The van der Waals surface area contributed by atoms with Crippen LogP contribution in [-0.2, 0) is 4.79 Å². The van der Waals surface area contributed by atoms with E-state index in [2.05, 4.69) is 33.9 Å². The molecule has 3 amide bonds. The first kappa shape index (κ1) is 19.4. The highest BCUT2D eigenvalue weighted by Gasteiger charge is 2.51. The molecule has 1 saturated heterocycles. The average molecular weight is 396 g/mol. The van der Waals surface area contributed by atoms with Crippen molar-refractivity contribution in [1.82, 2.24) is 24.7 Å². The van der Waals surface area contributed by atoms with Gasteiger partial charge in [0.05, 0.1) is 12.4 Å². The van der Waals surface area contributed by atoms with Gasteiger partial charge in [0.25, 0.3) is 5.91 Å². The number of hydrogen-bond acceptors (Lipinski definition) is 4. The van der Waals surface area contributed by atoms with Crippen molar-refractivity contribution in [2.45, 2.75) is 71.4 Å². The first-order valence-corrected chi connectivity index (χ1v) is 10.3. The zero-order valence-corrected chi connectivity index (χ0v) is 17.5. The Hall–Kier alpha value is -2.90. The molecule has 0 aromatic carbocycles. The minimum absolute atomic E-state index is 0.231. The first-order valence-electron chi connectivity index (χ1n) is 10.3. The van der Waals surface area contributed by atoms with Gasteiger partial charge < -0.3 is 9.88 Å². The summed E-state index contributed by atoms with van der Waals surface area (Å²) in [7, 11) is 0. The predicted molar refractivity (Wildman–Crippen MR) is 110 cm³/mol. The van der Waals surface area contributed by atoms with Crippen LogP contribution in [0.15, 0.2) is 23.4 Å². The number of aryl methyl sites for hydroxylation is 1. The zero-order valence-electron chi connectivity index (χ0n) is 17.5. The first-order chi connectivity index (χ1) is 13.8. The Morgan fingerprint density at radius 1 is 1.21 bits per heavy atom. The Morgan fingerprint density at radius 2 is 1.93 bits per heavy atom. The Kier molecular flexibility index (Phi) is 4.80. The van der Waals surface area contributed by atoms with E-state index in [-0.39, 0.29) is 11.9 Å². The molecule has 0 atom stereocenters. The minimum atomic E-state index is -0.757. The second kappa shape index (κ2) is 7.17. The molecule has 1 N–H and O–H groups in total. The standard InChI is InChI=1S/C21H28N6O2/c1-14(2)26-18(8-11-22-26)25-15(3)12-17(16(25)4)13-23-27-19(28)21(24-20(27)29)9-6-5-7-10-21/h8,11-14H,5-7,9-10H2,1-4H3,(H,24,29)/b23-13-. The third-order valence-electron chi connectivity index (χ3n) is 6.00. The zero-order chi connectivity index (χ0) is 20.8.